The molecule has 0 radical (unpaired) electrons. The van der Waals surface area contributed by atoms with Gasteiger partial charge in [0.15, 0.2) is 5.78 Å². The molecular weight excluding hydrogens is 305 g/mol. The normalized spacial score (nSPS) is 11.4. The molecule has 0 spiro atoms. The van der Waals surface area contributed by atoms with Crippen LogP contribution in [-0.4, -0.2) is 12.9 Å². The lowest BCUT2D eigenvalue weighted by atomic mass is 9.93. The molecule has 2 nitrogen and oxygen atoms in total. The van der Waals surface area contributed by atoms with E-state index in [-0.39, 0.29) is 5.78 Å². The quantitative estimate of drug-likeness (QED) is 0.728. The highest BCUT2D eigenvalue weighted by molar-refractivity contribution is 5.96. The van der Waals surface area contributed by atoms with Crippen LogP contribution < -0.4 is 4.74 Å². The number of aryl methyl sites for hydroxylation is 1. The predicted molar refractivity (Wildman–Crippen MR) is 82.8 cm³/mol. The molecule has 2 rings (SSSR count). The van der Waals surface area contributed by atoms with Crippen LogP contribution in [-0.2, 0) is 12.6 Å². The van der Waals surface area contributed by atoms with Gasteiger partial charge in [0.25, 0.3) is 0 Å². The number of ether oxygens (including phenoxy) is 1. The van der Waals surface area contributed by atoms with E-state index in [4.69, 9.17) is 4.74 Å². The van der Waals surface area contributed by atoms with Gasteiger partial charge in [-0.2, -0.15) is 13.2 Å². The first-order valence-electron chi connectivity index (χ1n) is 7.17. The van der Waals surface area contributed by atoms with Crippen LogP contribution in [0.1, 0.15) is 35.3 Å². The molecule has 0 aliphatic rings. The van der Waals surface area contributed by atoms with E-state index < -0.39 is 11.7 Å². The van der Waals surface area contributed by atoms with Gasteiger partial charge in [0.2, 0.25) is 0 Å². The summed E-state index contributed by atoms with van der Waals surface area (Å²) in [4.78, 5) is 11.6. The molecule has 0 saturated heterocycles. The highest BCUT2D eigenvalue weighted by Gasteiger charge is 2.31. The summed E-state index contributed by atoms with van der Waals surface area (Å²) < 4.78 is 44.0. The van der Waals surface area contributed by atoms with Gasteiger partial charge in [0, 0.05) is 11.1 Å². The first-order valence-corrected chi connectivity index (χ1v) is 7.17. The fourth-order valence-electron chi connectivity index (χ4n) is 2.46. The molecule has 0 aromatic heterocycles. The lowest BCUT2D eigenvalue weighted by Crippen LogP contribution is -2.06. The van der Waals surface area contributed by atoms with E-state index in [9.17, 15) is 18.0 Å². The lowest BCUT2D eigenvalue weighted by molar-refractivity contribution is -0.137. The van der Waals surface area contributed by atoms with E-state index in [1.807, 2.05) is 0 Å². The van der Waals surface area contributed by atoms with Crippen molar-refractivity contribution < 1.29 is 22.7 Å². The van der Waals surface area contributed by atoms with Crippen molar-refractivity contribution in [2.24, 2.45) is 0 Å². The molecule has 0 fully saturated rings. The number of Topliss-reactive ketones (excluding diaryl/α,β-unsaturated/α-hetero) is 1. The number of hydrogen-bond acceptors (Lipinski definition) is 2. The van der Waals surface area contributed by atoms with Crippen LogP contribution in [0.2, 0.25) is 0 Å². The van der Waals surface area contributed by atoms with E-state index in [2.05, 4.69) is 0 Å². The molecule has 0 aliphatic carbocycles. The maximum absolute atomic E-state index is 12.9. The number of carbonyl (C=O) groups is 1. The van der Waals surface area contributed by atoms with Crippen molar-refractivity contribution in [3.05, 3.63) is 53.1 Å². The van der Waals surface area contributed by atoms with Crippen LogP contribution in [0.4, 0.5) is 13.2 Å². The van der Waals surface area contributed by atoms with Gasteiger partial charge in [0.1, 0.15) is 5.75 Å². The van der Waals surface area contributed by atoms with Crippen LogP contribution >= 0.6 is 0 Å². The van der Waals surface area contributed by atoms with Gasteiger partial charge >= 0.3 is 6.18 Å². The Bertz CT molecular complexity index is 734. The zero-order valence-corrected chi connectivity index (χ0v) is 13.1. The fourth-order valence-corrected chi connectivity index (χ4v) is 2.46. The third kappa shape index (κ3) is 3.55. The molecule has 23 heavy (non-hydrogen) atoms. The summed E-state index contributed by atoms with van der Waals surface area (Å²) in [6.45, 7) is 3.24. The molecular formula is C18H17F3O2. The minimum Gasteiger partial charge on any atom is -0.496 e. The summed E-state index contributed by atoms with van der Waals surface area (Å²) in [5, 5.41) is 0. The highest BCUT2D eigenvalue weighted by Crippen LogP contribution is 2.37. The lowest BCUT2D eigenvalue weighted by Gasteiger charge is -2.16. The second-order valence-corrected chi connectivity index (χ2v) is 5.19. The molecule has 2 aromatic carbocycles. The minimum atomic E-state index is -4.38. The van der Waals surface area contributed by atoms with Gasteiger partial charge in [-0.3, -0.25) is 4.79 Å². The number of benzene rings is 2. The van der Waals surface area contributed by atoms with Gasteiger partial charge in [-0.15, -0.1) is 0 Å². The Morgan fingerprint density at radius 3 is 2.30 bits per heavy atom. The summed E-state index contributed by atoms with van der Waals surface area (Å²) in [5.41, 5.74) is 1.62. The van der Waals surface area contributed by atoms with Gasteiger partial charge in [-0.25, -0.2) is 0 Å². The SMILES string of the molecule is CCc1cc(C(F)(F)F)ccc1-c1cc(C(C)=O)ccc1OC. The van der Waals surface area contributed by atoms with Gasteiger partial charge in [0.05, 0.1) is 12.7 Å². The largest absolute Gasteiger partial charge is 0.496 e. The average Bonchev–Trinajstić information content (AvgIpc) is 2.52. The molecule has 2 aromatic rings. The third-order valence-electron chi connectivity index (χ3n) is 3.71. The monoisotopic (exact) mass is 322 g/mol. The number of halogens is 3. The van der Waals surface area contributed by atoms with Crippen molar-refractivity contribution in [1.29, 1.82) is 0 Å². The summed E-state index contributed by atoms with van der Waals surface area (Å²) in [5.74, 6) is 0.406. The fraction of sp³-hybridized carbons (Fsp3) is 0.278. The van der Waals surface area contributed by atoms with E-state index in [0.29, 0.717) is 34.4 Å². The molecule has 0 N–H and O–H groups in total. The minimum absolute atomic E-state index is 0.112. The third-order valence-corrected chi connectivity index (χ3v) is 3.71. The standard InChI is InChI=1S/C18H17F3O2/c1-4-12-9-14(18(19,20)21)6-7-15(12)16-10-13(11(2)22)5-8-17(16)23-3/h5-10H,4H2,1-3H3. The number of alkyl halides is 3. The van der Waals surface area contributed by atoms with Crippen molar-refractivity contribution in [3.8, 4) is 16.9 Å². The maximum Gasteiger partial charge on any atom is 0.416 e. The van der Waals surface area contributed by atoms with Crippen LogP contribution in [0.15, 0.2) is 36.4 Å². The van der Waals surface area contributed by atoms with Crippen LogP contribution in [0, 0.1) is 0 Å². The van der Waals surface area contributed by atoms with Gasteiger partial charge in [-0.05, 0) is 54.8 Å². The van der Waals surface area contributed by atoms with Crippen molar-refractivity contribution in [3.63, 3.8) is 0 Å². The summed E-state index contributed by atoms with van der Waals surface area (Å²) in [6.07, 6.45) is -3.94. The van der Waals surface area contributed by atoms with E-state index in [1.165, 1.54) is 20.1 Å². The zero-order chi connectivity index (χ0) is 17.2. The van der Waals surface area contributed by atoms with Crippen LogP contribution in [0.5, 0.6) is 5.75 Å². The second-order valence-electron chi connectivity index (χ2n) is 5.19. The zero-order valence-electron chi connectivity index (χ0n) is 13.1. The van der Waals surface area contributed by atoms with E-state index in [0.717, 1.165) is 12.1 Å². The Kier molecular flexibility index (Phi) is 4.78. The van der Waals surface area contributed by atoms with E-state index in [1.54, 1.807) is 25.1 Å². The Hall–Kier alpha value is -2.30. The van der Waals surface area contributed by atoms with Crippen molar-refractivity contribution in [2.75, 3.05) is 7.11 Å². The Morgan fingerprint density at radius 2 is 1.78 bits per heavy atom. The number of carbonyl (C=O) groups excluding carboxylic acids is 1. The Balaban J connectivity index is 2.66. The molecule has 5 heteroatoms. The molecule has 0 bridgehead atoms. The number of rotatable bonds is 4. The number of methoxy groups -OCH3 is 1. The molecule has 0 atom stereocenters. The van der Waals surface area contributed by atoms with E-state index >= 15 is 0 Å². The van der Waals surface area contributed by atoms with Crippen molar-refractivity contribution >= 4 is 5.78 Å². The Morgan fingerprint density at radius 1 is 1.09 bits per heavy atom. The molecule has 0 aliphatic heterocycles. The molecule has 0 saturated carbocycles. The second kappa shape index (κ2) is 6.44. The predicted octanol–water partition coefficient (Wildman–Crippen LogP) is 5.15. The van der Waals surface area contributed by atoms with Gasteiger partial charge < -0.3 is 4.74 Å². The van der Waals surface area contributed by atoms with Crippen molar-refractivity contribution in [2.45, 2.75) is 26.4 Å². The van der Waals surface area contributed by atoms with Crippen molar-refractivity contribution in [1.82, 2.24) is 0 Å². The molecule has 122 valence electrons. The Labute approximate surface area is 132 Å². The topological polar surface area (TPSA) is 26.3 Å². The number of ketones is 1. The molecule has 0 amide bonds. The van der Waals surface area contributed by atoms with Crippen LogP contribution in [0.3, 0.4) is 0 Å². The maximum atomic E-state index is 12.9. The first kappa shape index (κ1) is 17.1. The summed E-state index contributed by atoms with van der Waals surface area (Å²) in [6, 6.07) is 8.58. The summed E-state index contributed by atoms with van der Waals surface area (Å²) in [7, 11) is 1.49. The van der Waals surface area contributed by atoms with Crippen LogP contribution in [0.25, 0.3) is 11.1 Å². The molecule has 0 heterocycles. The van der Waals surface area contributed by atoms with Gasteiger partial charge in [-0.1, -0.05) is 13.0 Å². The number of hydrogen-bond donors (Lipinski definition) is 0. The smallest absolute Gasteiger partial charge is 0.416 e. The molecule has 0 unspecified atom stereocenters. The average molecular weight is 322 g/mol. The highest BCUT2D eigenvalue weighted by atomic mass is 19.4. The summed E-state index contributed by atoms with van der Waals surface area (Å²) >= 11 is 0. The first-order chi connectivity index (χ1) is 10.8.